The predicted octanol–water partition coefficient (Wildman–Crippen LogP) is 4.90. The molecule has 6 nitrogen and oxygen atoms in total. The van der Waals surface area contributed by atoms with Crippen LogP contribution in [-0.2, 0) is 6.61 Å². The van der Waals surface area contributed by atoms with E-state index < -0.39 is 0 Å². The van der Waals surface area contributed by atoms with Gasteiger partial charge in [0.15, 0.2) is 11.5 Å². The van der Waals surface area contributed by atoms with Crippen molar-refractivity contribution in [3.05, 3.63) is 81.8 Å². The summed E-state index contributed by atoms with van der Waals surface area (Å²) in [5, 5.41) is 4.65. The smallest absolute Gasteiger partial charge is 0.274 e. The molecule has 0 spiro atoms. The van der Waals surface area contributed by atoms with E-state index in [4.69, 9.17) is 25.5 Å². The molecule has 0 fully saturated rings. The number of aryl methyl sites for hydroxylation is 2. The minimum Gasteiger partial charge on any atom is -0.493 e. The minimum absolute atomic E-state index is 0.322. The molecular weight excluding hydrogens is 392 g/mol. The third-order valence-electron chi connectivity index (χ3n) is 4.19. The minimum atomic E-state index is -0.331. The monoisotopic (exact) mass is 412 g/mol. The number of methoxy groups -OCH3 is 1. The summed E-state index contributed by atoms with van der Waals surface area (Å²) in [4.78, 5) is 12.2. The normalized spacial score (nSPS) is 10.9. The van der Waals surface area contributed by atoms with E-state index in [9.17, 15) is 4.79 Å². The second-order valence-corrected chi connectivity index (χ2v) is 6.72. The predicted molar refractivity (Wildman–Crippen MR) is 112 cm³/mol. The van der Waals surface area contributed by atoms with Crippen molar-refractivity contribution in [2.24, 2.45) is 5.10 Å². The molecule has 1 N–H and O–H groups in total. The van der Waals surface area contributed by atoms with Gasteiger partial charge in [-0.2, -0.15) is 5.10 Å². The number of halogens is 1. The topological polar surface area (TPSA) is 73.1 Å². The highest BCUT2D eigenvalue weighted by atomic mass is 35.5. The zero-order chi connectivity index (χ0) is 20.8. The van der Waals surface area contributed by atoms with Crippen LogP contribution in [0.25, 0.3) is 0 Å². The molecule has 0 aliphatic rings. The maximum Gasteiger partial charge on any atom is 0.274 e. The molecule has 0 saturated carbocycles. The van der Waals surface area contributed by atoms with Crippen LogP contribution >= 0.6 is 11.6 Å². The van der Waals surface area contributed by atoms with Crippen LogP contribution in [-0.4, -0.2) is 19.2 Å². The van der Waals surface area contributed by atoms with Crippen molar-refractivity contribution >= 4 is 23.7 Å². The fraction of sp³-hybridized carbons (Fsp3) is 0.182. The standard InChI is InChI=1S/C22H21ClN2O4/c1-14-10-18(15(2)29-14)22(26)25-24-12-16-8-9-20(21(11-16)27-3)28-13-17-6-4-5-7-19(17)23/h4-12H,13H2,1-3H3,(H,25,26)/b24-12+. The molecule has 3 aromatic rings. The number of nitrogens with zero attached hydrogens (tertiary/aromatic N) is 1. The summed E-state index contributed by atoms with van der Waals surface area (Å²) in [6, 6.07) is 14.5. The summed E-state index contributed by atoms with van der Waals surface area (Å²) in [5.74, 6) is 2.03. The number of hydrazone groups is 1. The number of rotatable bonds is 7. The third kappa shape index (κ3) is 5.18. The zero-order valence-electron chi connectivity index (χ0n) is 16.4. The Labute approximate surface area is 174 Å². The van der Waals surface area contributed by atoms with Gasteiger partial charge in [-0.15, -0.1) is 0 Å². The van der Waals surface area contributed by atoms with Crippen LogP contribution in [0, 0.1) is 13.8 Å². The lowest BCUT2D eigenvalue weighted by molar-refractivity contribution is 0.0953. The number of carbonyl (C=O) groups excluding carboxylic acids is 1. The first kappa shape index (κ1) is 20.5. The van der Waals surface area contributed by atoms with Gasteiger partial charge in [-0.1, -0.05) is 29.8 Å². The molecule has 0 aliphatic carbocycles. The third-order valence-corrected chi connectivity index (χ3v) is 4.56. The van der Waals surface area contributed by atoms with E-state index in [1.54, 1.807) is 39.2 Å². The number of hydrogen-bond donors (Lipinski definition) is 1. The lowest BCUT2D eigenvalue weighted by Gasteiger charge is -2.12. The summed E-state index contributed by atoms with van der Waals surface area (Å²) < 4.78 is 16.6. The number of hydrogen-bond acceptors (Lipinski definition) is 5. The molecule has 0 saturated heterocycles. The Bertz CT molecular complexity index is 1040. The SMILES string of the molecule is COc1cc(/C=N/NC(=O)c2cc(C)oc2C)ccc1OCc1ccccc1Cl. The molecule has 0 radical (unpaired) electrons. The van der Waals surface area contributed by atoms with Crippen LogP contribution < -0.4 is 14.9 Å². The number of nitrogens with one attached hydrogen (secondary N) is 1. The highest BCUT2D eigenvalue weighted by Gasteiger charge is 2.12. The first-order valence-corrected chi connectivity index (χ1v) is 9.30. The summed E-state index contributed by atoms with van der Waals surface area (Å²) in [6.45, 7) is 3.84. The first-order chi connectivity index (χ1) is 14.0. The lowest BCUT2D eigenvalue weighted by atomic mass is 10.2. The van der Waals surface area contributed by atoms with Gasteiger partial charge in [0.1, 0.15) is 18.1 Å². The quantitative estimate of drug-likeness (QED) is 0.442. The first-order valence-electron chi connectivity index (χ1n) is 8.92. The second kappa shape index (κ2) is 9.30. The van der Waals surface area contributed by atoms with E-state index >= 15 is 0 Å². The van der Waals surface area contributed by atoms with Crippen molar-refractivity contribution in [1.29, 1.82) is 0 Å². The number of benzene rings is 2. The van der Waals surface area contributed by atoms with Crippen molar-refractivity contribution in [2.75, 3.05) is 7.11 Å². The molecule has 2 aromatic carbocycles. The molecule has 0 unspecified atom stereocenters. The molecule has 3 rings (SSSR count). The van der Waals surface area contributed by atoms with Crippen LogP contribution in [0.5, 0.6) is 11.5 Å². The molecule has 150 valence electrons. The van der Waals surface area contributed by atoms with Gasteiger partial charge in [0.25, 0.3) is 5.91 Å². The van der Waals surface area contributed by atoms with Crippen molar-refractivity contribution in [3.63, 3.8) is 0 Å². The van der Waals surface area contributed by atoms with E-state index in [-0.39, 0.29) is 5.91 Å². The Kier molecular flexibility index (Phi) is 6.57. The molecule has 1 aromatic heterocycles. The number of furan rings is 1. The molecule has 29 heavy (non-hydrogen) atoms. The maximum absolute atomic E-state index is 12.2. The van der Waals surface area contributed by atoms with Gasteiger partial charge in [-0.25, -0.2) is 5.43 Å². The van der Waals surface area contributed by atoms with Crippen LogP contribution in [0.15, 0.2) is 58.0 Å². The fourth-order valence-electron chi connectivity index (χ4n) is 2.74. The summed E-state index contributed by atoms with van der Waals surface area (Å²) >= 11 is 6.16. The van der Waals surface area contributed by atoms with Gasteiger partial charge in [0, 0.05) is 10.6 Å². The van der Waals surface area contributed by atoms with Crippen molar-refractivity contribution in [2.45, 2.75) is 20.5 Å². The van der Waals surface area contributed by atoms with E-state index in [1.807, 2.05) is 30.3 Å². The van der Waals surface area contributed by atoms with Gasteiger partial charge in [-0.3, -0.25) is 4.79 Å². The number of ether oxygens (including phenoxy) is 2. The Balaban J connectivity index is 1.65. The number of amides is 1. The fourth-order valence-corrected chi connectivity index (χ4v) is 2.93. The Morgan fingerprint density at radius 3 is 2.66 bits per heavy atom. The number of carbonyl (C=O) groups is 1. The molecule has 0 aliphatic heterocycles. The highest BCUT2D eigenvalue weighted by Crippen LogP contribution is 2.29. The molecule has 0 atom stereocenters. The van der Waals surface area contributed by atoms with Crippen LogP contribution in [0.3, 0.4) is 0 Å². The van der Waals surface area contributed by atoms with Gasteiger partial charge in [-0.05, 0) is 49.7 Å². The largest absolute Gasteiger partial charge is 0.493 e. The van der Waals surface area contributed by atoms with Gasteiger partial charge >= 0.3 is 0 Å². The second-order valence-electron chi connectivity index (χ2n) is 6.32. The van der Waals surface area contributed by atoms with Crippen LogP contribution in [0.2, 0.25) is 5.02 Å². The van der Waals surface area contributed by atoms with E-state index in [1.165, 1.54) is 6.21 Å². The van der Waals surface area contributed by atoms with Gasteiger partial charge in [0.05, 0.1) is 18.9 Å². The summed E-state index contributed by atoms with van der Waals surface area (Å²) in [5.41, 5.74) is 4.58. The zero-order valence-corrected chi connectivity index (χ0v) is 17.1. The summed E-state index contributed by atoms with van der Waals surface area (Å²) in [7, 11) is 1.56. The average Bonchev–Trinajstić information content (AvgIpc) is 3.06. The van der Waals surface area contributed by atoms with E-state index in [2.05, 4.69) is 10.5 Å². The average molecular weight is 413 g/mol. The maximum atomic E-state index is 12.2. The summed E-state index contributed by atoms with van der Waals surface area (Å²) in [6.07, 6.45) is 1.53. The Hall–Kier alpha value is -3.25. The van der Waals surface area contributed by atoms with Crippen LogP contribution in [0.1, 0.15) is 33.0 Å². The van der Waals surface area contributed by atoms with Crippen molar-refractivity contribution < 1.29 is 18.7 Å². The van der Waals surface area contributed by atoms with Crippen molar-refractivity contribution in [1.82, 2.24) is 5.43 Å². The molecule has 0 bridgehead atoms. The molecule has 1 heterocycles. The highest BCUT2D eigenvalue weighted by molar-refractivity contribution is 6.31. The molecule has 7 heteroatoms. The lowest BCUT2D eigenvalue weighted by Crippen LogP contribution is -2.17. The Morgan fingerprint density at radius 1 is 1.17 bits per heavy atom. The Morgan fingerprint density at radius 2 is 1.97 bits per heavy atom. The van der Waals surface area contributed by atoms with Crippen LogP contribution in [0.4, 0.5) is 0 Å². The molecular formula is C22H21ClN2O4. The van der Waals surface area contributed by atoms with E-state index in [0.29, 0.717) is 40.2 Å². The van der Waals surface area contributed by atoms with Gasteiger partial charge < -0.3 is 13.9 Å². The van der Waals surface area contributed by atoms with Crippen molar-refractivity contribution in [3.8, 4) is 11.5 Å². The molecule has 1 amide bonds. The van der Waals surface area contributed by atoms with Gasteiger partial charge in [0.2, 0.25) is 0 Å². The van der Waals surface area contributed by atoms with E-state index in [0.717, 1.165) is 11.1 Å².